The van der Waals surface area contributed by atoms with E-state index < -0.39 is 0 Å². The Labute approximate surface area is 118 Å². The highest BCUT2D eigenvalue weighted by Gasteiger charge is 2.20. The van der Waals surface area contributed by atoms with Crippen molar-refractivity contribution < 1.29 is 4.74 Å². The first-order chi connectivity index (χ1) is 9.26. The van der Waals surface area contributed by atoms with Crippen molar-refractivity contribution in [2.45, 2.75) is 26.3 Å². The molecule has 0 aliphatic heterocycles. The molecule has 1 aromatic heterocycles. The summed E-state index contributed by atoms with van der Waals surface area (Å²) in [7, 11) is 1.70. The van der Waals surface area contributed by atoms with Crippen molar-refractivity contribution in [1.29, 1.82) is 0 Å². The molecule has 1 unspecified atom stereocenters. The number of hydrogen-bond acceptors (Lipinski definition) is 5. The van der Waals surface area contributed by atoms with E-state index in [9.17, 15) is 0 Å². The van der Waals surface area contributed by atoms with E-state index in [-0.39, 0.29) is 6.04 Å². The van der Waals surface area contributed by atoms with Crippen molar-refractivity contribution in [2.75, 3.05) is 13.7 Å². The van der Waals surface area contributed by atoms with Gasteiger partial charge in [-0.25, -0.2) is 0 Å². The van der Waals surface area contributed by atoms with Crippen LogP contribution in [0.3, 0.4) is 0 Å². The van der Waals surface area contributed by atoms with Crippen LogP contribution in [0.25, 0.3) is 0 Å². The summed E-state index contributed by atoms with van der Waals surface area (Å²) in [5.41, 5.74) is 3.27. The zero-order chi connectivity index (χ0) is 13.7. The average Bonchev–Trinajstić information content (AvgIpc) is 2.93. The van der Waals surface area contributed by atoms with E-state index in [0.717, 1.165) is 30.0 Å². The maximum absolute atomic E-state index is 5.47. The minimum atomic E-state index is 0.0357. The number of hydrogen-bond donors (Lipinski definition) is 1. The first kappa shape index (κ1) is 14.0. The van der Waals surface area contributed by atoms with Gasteiger partial charge in [0, 0.05) is 10.9 Å². The van der Waals surface area contributed by atoms with Crippen LogP contribution in [0, 0.1) is 6.92 Å². The molecule has 5 heteroatoms. The summed E-state index contributed by atoms with van der Waals surface area (Å²) in [5, 5.41) is 9.70. The molecule has 4 nitrogen and oxygen atoms in total. The van der Waals surface area contributed by atoms with Crippen molar-refractivity contribution >= 4 is 11.5 Å². The third-order valence-electron chi connectivity index (χ3n) is 2.97. The van der Waals surface area contributed by atoms with Crippen LogP contribution in [0.4, 0.5) is 0 Å². The molecule has 0 fully saturated rings. The fourth-order valence-electron chi connectivity index (χ4n) is 2.04. The van der Waals surface area contributed by atoms with Crippen LogP contribution < -0.4 is 10.1 Å². The summed E-state index contributed by atoms with van der Waals surface area (Å²) in [4.78, 5) is 0. The normalized spacial score (nSPS) is 12.4. The lowest BCUT2D eigenvalue weighted by Crippen LogP contribution is -2.24. The summed E-state index contributed by atoms with van der Waals surface area (Å²) in [6, 6.07) is 6.24. The van der Waals surface area contributed by atoms with Crippen LogP contribution >= 0.6 is 11.5 Å². The molecule has 0 saturated carbocycles. The summed E-state index contributed by atoms with van der Waals surface area (Å²) < 4.78 is 9.44. The smallest absolute Gasteiger partial charge is 0.124 e. The number of ether oxygens (including phenoxy) is 1. The Hall–Kier alpha value is -1.46. The molecule has 102 valence electrons. The molecule has 1 N–H and O–H groups in total. The van der Waals surface area contributed by atoms with Gasteiger partial charge in [0.2, 0.25) is 0 Å². The van der Waals surface area contributed by atoms with Gasteiger partial charge in [-0.05, 0) is 37.5 Å². The van der Waals surface area contributed by atoms with Crippen molar-refractivity contribution in [2.24, 2.45) is 0 Å². The van der Waals surface area contributed by atoms with E-state index in [1.807, 2.05) is 11.4 Å². The van der Waals surface area contributed by atoms with Crippen LogP contribution in [0.1, 0.15) is 36.2 Å². The lowest BCUT2D eigenvalue weighted by atomic mass is 10.0. The van der Waals surface area contributed by atoms with Gasteiger partial charge in [0.05, 0.1) is 18.8 Å². The molecule has 1 atom stereocenters. The SMILES string of the molecule is CCCNC(c1csnn1)c1cc(C)ccc1OC. The molecular formula is C14H19N3OS. The molecule has 2 aromatic rings. The number of nitrogens with one attached hydrogen (secondary N) is 1. The average molecular weight is 277 g/mol. The Morgan fingerprint density at radius 1 is 1.42 bits per heavy atom. The maximum atomic E-state index is 5.47. The van der Waals surface area contributed by atoms with Gasteiger partial charge in [-0.3, -0.25) is 0 Å². The van der Waals surface area contributed by atoms with Crippen molar-refractivity contribution in [3.8, 4) is 5.75 Å². The molecule has 0 amide bonds. The predicted octanol–water partition coefficient (Wildman–Crippen LogP) is 2.94. The number of nitrogens with zero attached hydrogens (tertiary/aromatic N) is 2. The Balaban J connectivity index is 2.39. The van der Waals surface area contributed by atoms with E-state index in [4.69, 9.17) is 4.74 Å². The zero-order valence-electron chi connectivity index (χ0n) is 11.5. The Morgan fingerprint density at radius 2 is 2.26 bits per heavy atom. The van der Waals surface area contributed by atoms with Crippen LogP contribution in [0.15, 0.2) is 23.6 Å². The molecule has 1 aromatic carbocycles. The molecular weight excluding hydrogens is 258 g/mol. The van der Waals surface area contributed by atoms with Gasteiger partial charge in [-0.2, -0.15) is 0 Å². The highest BCUT2D eigenvalue weighted by atomic mass is 32.1. The van der Waals surface area contributed by atoms with Crippen molar-refractivity contribution in [3.05, 3.63) is 40.4 Å². The summed E-state index contributed by atoms with van der Waals surface area (Å²) in [6.45, 7) is 5.16. The fourth-order valence-corrected chi connectivity index (χ4v) is 2.52. The number of aromatic nitrogens is 2. The minimum absolute atomic E-state index is 0.0357. The molecule has 2 rings (SSSR count). The zero-order valence-corrected chi connectivity index (χ0v) is 12.3. The first-order valence-corrected chi connectivity index (χ1v) is 7.24. The van der Waals surface area contributed by atoms with E-state index in [1.165, 1.54) is 17.1 Å². The van der Waals surface area contributed by atoms with E-state index in [0.29, 0.717) is 0 Å². The second kappa shape index (κ2) is 6.63. The predicted molar refractivity (Wildman–Crippen MR) is 77.8 cm³/mol. The van der Waals surface area contributed by atoms with E-state index >= 15 is 0 Å². The van der Waals surface area contributed by atoms with Gasteiger partial charge in [0.15, 0.2) is 0 Å². The van der Waals surface area contributed by atoms with E-state index in [2.05, 4.69) is 40.9 Å². The largest absolute Gasteiger partial charge is 0.496 e. The van der Waals surface area contributed by atoms with Crippen molar-refractivity contribution in [3.63, 3.8) is 0 Å². The summed E-state index contributed by atoms with van der Waals surface area (Å²) in [5.74, 6) is 0.882. The van der Waals surface area contributed by atoms with Crippen LogP contribution in [-0.4, -0.2) is 23.2 Å². The monoisotopic (exact) mass is 277 g/mol. The minimum Gasteiger partial charge on any atom is -0.496 e. The maximum Gasteiger partial charge on any atom is 0.124 e. The van der Waals surface area contributed by atoms with Crippen LogP contribution in [0.2, 0.25) is 0 Å². The second-order valence-electron chi connectivity index (χ2n) is 4.46. The molecule has 0 spiro atoms. The van der Waals surface area contributed by atoms with Gasteiger partial charge in [0.1, 0.15) is 5.75 Å². The number of methoxy groups -OCH3 is 1. The van der Waals surface area contributed by atoms with Crippen LogP contribution in [-0.2, 0) is 0 Å². The highest BCUT2D eigenvalue weighted by Crippen LogP contribution is 2.30. The van der Waals surface area contributed by atoms with Crippen molar-refractivity contribution in [1.82, 2.24) is 14.9 Å². The third-order valence-corrected chi connectivity index (χ3v) is 3.49. The standard InChI is InChI=1S/C14H19N3OS/c1-4-7-15-14(12-9-19-17-16-12)11-8-10(2)5-6-13(11)18-3/h5-6,8-9,14-15H,4,7H2,1-3H3. The van der Waals surface area contributed by atoms with Gasteiger partial charge in [-0.15, -0.1) is 5.10 Å². The Morgan fingerprint density at radius 3 is 2.89 bits per heavy atom. The Kier molecular flexibility index (Phi) is 4.87. The number of benzene rings is 1. The quantitative estimate of drug-likeness (QED) is 0.882. The van der Waals surface area contributed by atoms with Gasteiger partial charge < -0.3 is 10.1 Å². The lowest BCUT2D eigenvalue weighted by Gasteiger charge is -2.19. The number of aryl methyl sites for hydroxylation is 1. The third kappa shape index (κ3) is 3.30. The topological polar surface area (TPSA) is 47.0 Å². The second-order valence-corrected chi connectivity index (χ2v) is 5.07. The molecule has 0 saturated heterocycles. The Bertz CT molecular complexity index is 513. The molecule has 19 heavy (non-hydrogen) atoms. The molecule has 0 aliphatic carbocycles. The highest BCUT2D eigenvalue weighted by molar-refractivity contribution is 7.03. The van der Waals surface area contributed by atoms with Gasteiger partial charge in [-0.1, -0.05) is 29.1 Å². The fraction of sp³-hybridized carbons (Fsp3) is 0.429. The van der Waals surface area contributed by atoms with Gasteiger partial charge in [0.25, 0.3) is 0 Å². The summed E-state index contributed by atoms with van der Waals surface area (Å²) in [6.07, 6.45) is 1.07. The molecule has 0 bridgehead atoms. The van der Waals surface area contributed by atoms with Crippen LogP contribution in [0.5, 0.6) is 5.75 Å². The van der Waals surface area contributed by atoms with E-state index in [1.54, 1.807) is 7.11 Å². The molecule has 0 radical (unpaired) electrons. The first-order valence-electron chi connectivity index (χ1n) is 6.41. The lowest BCUT2D eigenvalue weighted by molar-refractivity contribution is 0.403. The number of rotatable bonds is 6. The molecule has 0 aliphatic rings. The summed E-state index contributed by atoms with van der Waals surface area (Å²) >= 11 is 1.37. The molecule has 1 heterocycles. The van der Waals surface area contributed by atoms with Gasteiger partial charge >= 0.3 is 0 Å².